The Morgan fingerprint density at radius 1 is 0.611 bits per heavy atom. The van der Waals surface area contributed by atoms with Crippen LogP contribution in [0.1, 0.15) is 45.4 Å². The van der Waals surface area contributed by atoms with Gasteiger partial charge in [0.1, 0.15) is 11.2 Å². The maximum atomic E-state index is 6.50. The molecule has 54 heavy (non-hydrogen) atoms. The van der Waals surface area contributed by atoms with Crippen LogP contribution >= 0.6 is 0 Å². The van der Waals surface area contributed by atoms with Crippen LogP contribution in [0.5, 0.6) is 0 Å². The summed E-state index contributed by atoms with van der Waals surface area (Å²) >= 11 is 0. The first-order valence-electron chi connectivity index (χ1n) is 18.4. The molecule has 0 bridgehead atoms. The van der Waals surface area contributed by atoms with Crippen molar-refractivity contribution in [1.82, 2.24) is 19.5 Å². The Morgan fingerprint density at radius 2 is 1.31 bits per heavy atom. The van der Waals surface area contributed by atoms with Gasteiger partial charge in [0, 0.05) is 44.1 Å². The average Bonchev–Trinajstić information content (AvgIpc) is 3.71. The van der Waals surface area contributed by atoms with E-state index in [1.807, 2.05) is 48.5 Å². The molecule has 8 heteroatoms. The van der Waals surface area contributed by atoms with Crippen LogP contribution in [0.25, 0.3) is 84.8 Å². The third-order valence-corrected chi connectivity index (χ3v) is 11.1. The highest BCUT2D eigenvalue weighted by atomic mass is 16.7. The van der Waals surface area contributed by atoms with E-state index in [0.29, 0.717) is 17.5 Å². The zero-order valence-corrected chi connectivity index (χ0v) is 30.6. The molecular weight excluding hydrogens is 667 g/mol. The highest BCUT2D eigenvalue weighted by Gasteiger charge is 2.51. The standard InChI is InChI=1S/C46H37BN4O3/c1-45(2)46(3,4)54-47(53-45)31-25-26-35-40(28-31)52-39-24-14-21-36(41(35)39)44-49-42(29-15-7-5-8-16-29)48-43(50-44)30-17-13-18-32(27-30)51-37-22-10-6-9-19-33(37)34-20-11-12-23-38(34)51/h5,7-28H,6H2,1-4H3. The maximum absolute atomic E-state index is 6.50. The first-order chi connectivity index (χ1) is 26.2. The van der Waals surface area contributed by atoms with Gasteiger partial charge in [0.05, 0.1) is 22.4 Å². The lowest BCUT2D eigenvalue weighted by atomic mass is 9.79. The van der Waals surface area contributed by atoms with Crippen molar-refractivity contribution >= 4 is 57.6 Å². The van der Waals surface area contributed by atoms with E-state index >= 15 is 0 Å². The number of para-hydroxylation sites is 1. The van der Waals surface area contributed by atoms with Crippen molar-refractivity contribution in [2.45, 2.75) is 45.3 Å². The smallest absolute Gasteiger partial charge is 0.456 e. The van der Waals surface area contributed by atoms with Gasteiger partial charge in [-0.1, -0.05) is 103 Å². The lowest BCUT2D eigenvalue weighted by Gasteiger charge is -2.32. The Balaban J connectivity index is 1.13. The van der Waals surface area contributed by atoms with Crippen molar-refractivity contribution in [2.75, 3.05) is 0 Å². The van der Waals surface area contributed by atoms with Gasteiger partial charge >= 0.3 is 7.12 Å². The van der Waals surface area contributed by atoms with Crippen molar-refractivity contribution in [3.63, 3.8) is 0 Å². The van der Waals surface area contributed by atoms with Crippen molar-refractivity contribution in [3.8, 4) is 39.9 Å². The fourth-order valence-electron chi connectivity index (χ4n) is 7.63. The zero-order chi connectivity index (χ0) is 36.6. The van der Waals surface area contributed by atoms with Gasteiger partial charge in [-0.2, -0.15) is 0 Å². The van der Waals surface area contributed by atoms with Crippen LogP contribution in [0.4, 0.5) is 0 Å². The van der Waals surface area contributed by atoms with Gasteiger partial charge in [-0.05, 0) is 76.0 Å². The number of fused-ring (bicyclic) bond motifs is 6. The summed E-state index contributed by atoms with van der Waals surface area (Å²) in [6, 6.07) is 39.3. The number of hydrogen-bond acceptors (Lipinski definition) is 6. The van der Waals surface area contributed by atoms with Crippen LogP contribution in [0, 0.1) is 0 Å². The SMILES string of the molecule is CC1(C)OB(c2ccc3c(c2)oc2cccc(-c4nc(-c5ccccc5)nc(-c5cccc(-n6c7c(c8ccccc86)C=CCC=C7)c5)n4)c23)OC1(C)C. The molecule has 8 aromatic rings. The summed E-state index contributed by atoms with van der Waals surface area (Å²) in [6.07, 6.45) is 9.80. The molecule has 0 unspecified atom stereocenters. The van der Waals surface area contributed by atoms with Gasteiger partial charge in [0.2, 0.25) is 0 Å². The molecule has 4 heterocycles. The predicted molar refractivity (Wildman–Crippen MR) is 219 cm³/mol. The third kappa shape index (κ3) is 5.24. The molecule has 5 aromatic carbocycles. The number of allylic oxidation sites excluding steroid dienone is 2. The summed E-state index contributed by atoms with van der Waals surface area (Å²) in [5.74, 6) is 1.76. The first kappa shape index (κ1) is 32.6. The van der Waals surface area contributed by atoms with E-state index in [-0.39, 0.29) is 0 Å². The number of aromatic nitrogens is 4. The van der Waals surface area contributed by atoms with Crippen molar-refractivity contribution < 1.29 is 13.7 Å². The van der Waals surface area contributed by atoms with Gasteiger partial charge in [-0.25, -0.2) is 15.0 Å². The van der Waals surface area contributed by atoms with Crippen LogP contribution in [-0.4, -0.2) is 37.8 Å². The van der Waals surface area contributed by atoms with Crippen molar-refractivity contribution in [2.24, 2.45) is 0 Å². The molecule has 1 aliphatic heterocycles. The van der Waals surface area contributed by atoms with Crippen LogP contribution < -0.4 is 5.46 Å². The van der Waals surface area contributed by atoms with Crippen LogP contribution in [0.15, 0.2) is 132 Å². The molecule has 1 saturated heterocycles. The summed E-state index contributed by atoms with van der Waals surface area (Å²) in [6.45, 7) is 8.25. The third-order valence-electron chi connectivity index (χ3n) is 11.1. The molecule has 10 rings (SSSR count). The van der Waals surface area contributed by atoms with Crippen LogP contribution in [-0.2, 0) is 9.31 Å². The Kier molecular flexibility index (Phi) is 7.38. The van der Waals surface area contributed by atoms with E-state index in [1.165, 1.54) is 10.9 Å². The van der Waals surface area contributed by atoms with Gasteiger partial charge in [0.25, 0.3) is 0 Å². The van der Waals surface area contributed by atoms with E-state index in [1.54, 1.807) is 0 Å². The second-order valence-corrected chi connectivity index (χ2v) is 15.0. The van der Waals surface area contributed by atoms with Crippen LogP contribution in [0.3, 0.4) is 0 Å². The number of hydrogen-bond donors (Lipinski definition) is 0. The predicted octanol–water partition coefficient (Wildman–Crippen LogP) is 10.4. The molecule has 7 nitrogen and oxygen atoms in total. The maximum Gasteiger partial charge on any atom is 0.494 e. The fraction of sp³-hybridized carbons (Fsp3) is 0.152. The molecule has 0 N–H and O–H groups in total. The average molecular weight is 705 g/mol. The van der Waals surface area contributed by atoms with E-state index in [2.05, 4.69) is 123 Å². The topological polar surface area (TPSA) is 75.2 Å². The molecule has 0 amide bonds. The summed E-state index contributed by atoms with van der Waals surface area (Å²) in [5.41, 5.74) is 8.76. The minimum absolute atomic E-state index is 0.442. The number of nitrogens with zero attached hydrogens (tertiary/aromatic N) is 4. The molecule has 1 fully saturated rings. The Bertz CT molecular complexity index is 2820. The number of furan rings is 1. The van der Waals surface area contributed by atoms with Crippen LogP contribution in [0.2, 0.25) is 0 Å². The molecular formula is C46H37BN4O3. The quantitative estimate of drug-likeness (QED) is 0.166. The summed E-state index contributed by atoms with van der Waals surface area (Å²) in [4.78, 5) is 15.4. The first-order valence-corrected chi connectivity index (χ1v) is 18.4. The molecule has 2 aliphatic rings. The lowest BCUT2D eigenvalue weighted by Crippen LogP contribution is -2.41. The minimum Gasteiger partial charge on any atom is -0.456 e. The fourth-order valence-corrected chi connectivity index (χ4v) is 7.63. The summed E-state index contributed by atoms with van der Waals surface area (Å²) < 4.78 is 21.6. The molecule has 0 saturated carbocycles. The molecule has 0 spiro atoms. The van der Waals surface area contributed by atoms with Crippen molar-refractivity contribution in [3.05, 3.63) is 139 Å². The van der Waals surface area contributed by atoms with Gasteiger partial charge in [-0.15, -0.1) is 0 Å². The molecule has 262 valence electrons. The van der Waals surface area contributed by atoms with E-state index in [9.17, 15) is 0 Å². The number of benzene rings is 5. The second kappa shape index (κ2) is 12.2. The van der Waals surface area contributed by atoms with Gasteiger partial charge in [0.15, 0.2) is 17.5 Å². The molecule has 3 aromatic heterocycles. The molecule has 0 atom stereocenters. The molecule has 0 radical (unpaired) electrons. The second-order valence-electron chi connectivity index (χ2n) is 15.0. The highest BCUT2D eigenvalue weighted by Crippen LogP contribution is 2.40. The van der Waals surface area contributed by atoms with Gasteiger partial charge < -0.3 is 18.3 Å². The number of rotatable bonds is 5. The normalized spacial score (nSPS) is 16.0. The zero-order valence-electron chi connectivity index (χ0n) is 30.6. The Morgan fingerprint density at radius 3 is 2.15 bits per heavy atom. The lowest BCUT2D eigenvalue weighted by molar-refractivity contribution is 0.00578. The minimum atomic E-state index is -0.491. The Labute approximate surface area is 313 Å². The van der Waals surface area contributed by atoms with E-state index in [0.717, 1.165) is 67.4 Å². The van der Waals surface area contributed by atoms with E-state index in [4.69, 9.17) is 28.7 Å². The molecule has 1 aliphatic carbocycles. The largest absolute Gasteiger partial charge is 0.494 e. The Hall–Kier alpha value is -6.09. The summed E-state index contributed by atoms with van der Waals surface area (Å²) in [5, 5.41) is 3.13. The monoisotopic (exact) mass is 704 g/mol. The highest BCUT2D eigenvalue weighted by molar-refractivity contribution is 6.62. The summed E-state index contributed by atoms with van der Waals surface area (Å²) in [7, 11) is -0.491. The van der Waals surface area contributed by atoms with E-state index < -0.39 is 18.3 Å². The van der Waals surface area contributed by atoms with Gasteiger partial charge in [-0.3, -0.25) is 0 Å². The van der Waals surface area contributed by atoms with Crippen molar-refractivity contribution in [1.29, 1.82) is 0 Å².